The lowest BCUT2D eigenvalue weighted by molar-refractivity contribution is -0.0844. The Labute approximate surface area is 265 Å². The average molecular weight is 590 g/mol. The normalized spacial score (nSPS) is 31.6. The van der Waals surface area contributed by atoms with E-state index in [9.17, 15) is 0 Å². The molecular weight excluding hydrogens is 510 g/mol. The zero-order valence-corrected chi connectivity index (χ0v) is 30.5. The van der Waals surface area contributed by atoms with Crippen LogP contribution in [0.2, 0.25) is 0 Å². The summed E-state index contributed by atoms with van der Waals surface area (Å²) in [5, 5.41) is 4.34. The quantitative estimate of drug-likeness (QED) is 0.123. The lowest BCUT2D eigenvalue weighted by Crippen LogP contribution is -2.67. The smallest absolute Gasteiger partial charge is 0.0282 e. The highest BCUT2D eigenvalue weighted by atomic mass is 15.2. The summed E-state index contributed by atoms with van der Waals surface area (Å²) in [7, 11) is 2.51. The molecule has 250 valence electrons. The molecule has 3 heteroatoms. The molecule has 3 N–H and O–H groups in total. The molecule has 3 nitrogen and oxygen atoms in total. The third-order valence-electron chi connectivity index (χ3n) is 13.4. The first-order chi connectivity index (χ1) is 20.0. The van der Waals surface area contributed by atoms with Crippen molar-refractivity contribution in [3.05, 3.63) is 0 Å². The highest BCUT2D eigenvalue weighted by Crippen LogP contribution is 2.53. The fourth-order valence-electron chi connectivity index (χ4n) is 8.98. The van der Waals surface area contributed by atoms with Gasteiger partial charge in [0.1, 0.15) is 0 Å². The molecule has 2 aliphatic rings. The second-order valence-corrected chi connectivity index (χ2v) is 16.1. The molecular formula is C39H79N3. The van der Waals surface area contributed by atoms with Crippen molar-refractivity contribution >= 4 is 0 Å². The van der Waals surface area contributed by atoms with Crippen LogP contribution < -0.4 is 11.1 Å². The highest BCUT2D eigenvalue weighted by Gasteiger charge is 2.54. The van der Waals surface area contributed by atoms with Crippen molar-refractivity contribution in [1.82, 2.24) is 10.2 Å². The fraction of sp³-hybridized carbons (Fsp3) is 1.00. The molecule has 0 radical (unpaired) electrons. The Morgan fingerprint density at radius 3 is 2.05 bits per heavy atom. The van der Waals surface area contributed by atoms with Crippen LogP contribution >= 0.6 is 0 Å². The van der Waals surface area contributed by atoms with Crippen molar-refractivity contribution < 1.29 is 0 Å². The van der Waals surface area contributed by atoms with Gasteiger partial charge in [-0.15, -0.1) is 0 Å². The number of hydrogen-bond donors (Lipinski definition) is 2. The van der Waals surface area contributed by atoms with E-state index in [-0.39, 0.29) is 0 Å². The SMILES string of the molecule is CCC(C)CCC(C)CCCNC1C(N(C)C(CC)CCCCCC(CC)CN)C(C)C(C)C(C)C1(C)CC1CCC1. The molecule has 0 heterocycles. The summed E-state index contributed by atoms with van der Waals surface area (Å²) < 4.78 is 0. The largest absolute Gasteiger partial charge is 0.330 e. The Hall–Kier alpha value is -0.120. The van der Waals surface area contributed by atoms with Gasteiger partial charge in [-0.25, -0.2) is 0 Å². The van der Waals surface area contributed by atoms with Crippen molar-refractivity contribution in [1.29, 1.82) is 0 Å². The van der Waals surface area contributed by atoms with E-state index in [1.165, 1.54) is 109 Å². The summed E-state index contributed by atoms with van der Waals surface area (Å²) in [6, 6.07) is 1.90. The minimum atomic E-state index is 0.369. The summed E-state index contributed by atoms with van der Waals surface area (Å²) in [6.07, 6.45) is 21.9. The predicted octanol–water partition coefficient (Wildman–Crippen LogP) is 10.3. The Balaban J connectivity index is 2.12. The predicted molar refractivity (Wildman–Crippen MR) is 188 cm³/mol. The molecule has 0 aliphatic heterocycles. The summed E-state index contributed by atoms with van der Waals surface area (Å²) in [4.78, 5) is 2.90. The highest BCUT2D eigenvalue weighted by molar-refractivity contribution is 5.08. The molecule has 2 fully saturated rings. The maximum atomic E-state index is 5.98. The number of unbranched alkanes of at least 4 members (excludes halogenated alkanes) is 2. The summed E-state index contributed by atoms with van der Waals surface area (Å²) in [5.41, 5.74) is 6.35. The standard InChI is InChI=1S/C39H79N3/c1-11-29(4)24-25-30(5)19-18-26-41-38-37(32(7)31(6)33(8)39(38,9)27-35-21-17-22-35)42(10)36(13-3)23-16-14-15-20-34(12-2)28-40/h29-38,41H,11-28,40H2,1-10H3. The monoisotopic (exact) mass is 590 g/mol. The minimum absolute atomic E-state index is 0.369. The molecule has 2 rings (SSSR count). The van der Waals surface area contributed by atoms with Gasteiger partial charge in [-0.2, -0.15) is 0 Å². The second-order valence-electron chi connectivity index (χ2n) is 16.1. The molecule has 0 spiro atoms. The van der Waals surface area contributed by atoms with Gasteiger partial charge in [0.05, 0.1) is 0 Å². The van der Waals surface area contributed by atoms with Gasteiger partial charge in [0, 0.05) is 18.1 Å². The van der Waals surface area contributed by atoms with E-state index in [0.717, 1.165) is 48.0 Å². The molecule has 0 amide bonds. The van der Waals surface area contributed by atoms with Crippen LogP contribution in [-0.4, -0.2) is 43.2 Å². The van der Waals surface area contributed by atoms with E-state index in [1.807, 2.05) is 0 Å². The first kappa shape index (κ1) is 38.1. The van der Waals surface area contributed by atoms with Crippen molar-refractivity contribution in [2.24, 2.45) is 52.6 Å². The van der Waals surface area contributed by atoms with Crippen LogP contribution in [-0.2, 0) is 0 Å². The number of nitrogens with two attached hydrogens (primary N) is 1. The first-order valence-electron chi connectivity index (χ1n) is 19.2. The molecule has 0 saturated heterocycles. The van der Waals surface area contributed by atoms with E-state index in [2.05, 4.69) is 79.6 Å². The zero-order chi connectivity index (χ0) is 31.3. The maximum Gasteiger partial charge on any atom is 0.0282 e. The summed E-state index contributed by atoms with van der Waals surface area (Å²) in [6.45, 7) is 24.6. The van der Waals surface area contributed by atoms with E-state index >= 15 is 0 Å². The van der Waals surface area contributed by atoms with Crippen LogP contribution in [0.3, 0.4) is 0 Å². The topological polar surface area (TPSA) is 41.3 Å². The number of hydrogen-bond acceptors (Lipinski definition) is 3. The number of nitrogens with zero attached hydrogens (tertiary/aromatic N) is 1. The van der Waals surface area contributed by atoms with Gasteiger partial charge in [-0.05, 0) is 106 Å². The van der Waals surface area contributed by atoms with Crippen LogP contribution in [0.4, 0.5) is 0 Å². The molecule has 0 aromatic rings. The average Bonchev–Trinajstić information content (AvgIpc) is 2.96. The second kappa shape index (κ2) is 19.4. The van der Waals surface area contributed by atoms with Gasteiger partial charge < -0.3 is 11.1 Å². The van der Waals surface area contributed by atoms with Crippen LogP contribution in [0.15, 0.2) is 0 Å². The third-order valence-corrected chi connectivity index (χ3v) is 13.4. The van der Waals surface area contributed by atoms with E-state index in [1.54, 1.807) is 0 Å². The van der Waals surface area contributed by atoms with Gasteiger partial charge in [0.25, 0.3) is 0 Å². The molecule has 10 atom stereocenters. The van der Waals surface area contributed by atoms with Gasteiger partial charge in [0.15, 0.2) is 0 Å². The molecule has 42 heavy (non-hydrogen) atoms. The summed E-state index contributed by atoms with van der Waals surface area (Å²) in [5.74, 6) is 5.66. The van der Waals surface area contributed by atoms with Gasteiger partial charge in [0.2, 0.25) is 0 Å². The Kier molecular flexibility index (Phi) is 17.6. The molecule has 0 aromatic heterocycles. The summed E-state index contributed by atoms with van der Waals surface area (Å²) >= 11 is 0. The maximum absolute atomic E-state index is 5.98. The number of likely N-dealkylation sites (N-methyl/N-ethyl adjacent to an activating group) is 1. The van der Waals surface area contributed by atoms with Crippen LogP contribution in [0.25, 0.3) is 0 Å². The van der Waals surface area contributed by atoms with Crippen molar-refractivity contribution in [3.63, 3.8) is 0 Å². The lowest BCUT2D eigenvalue weighted by Gasteiger charge is -2.60. The van der Waals surface area contributed by atoms with Crippen molar-refractivity contribution in [2.45, 2.75) is 183 Å². The van der Waals surface area contributed by atoms with Gasteiger partial charge >= 0.3 is 0 Å². The third kappa shape index (κ3) is 10.8. The Morgan fingerprint density at radius 1 is 0.810 bits per heavy atom. The van der Waals surface area contributed by atoms with Gasteiger partial charge in [-0.1, -0.05) is 127 Å². The molecule has 2 saturated carbocycles. The Morgan fingerprint density at radius 2 is 1.48 bits per heavy atom. The Bertz CT molecular complexity index is 687. The first-order valence-corrected chi connectivity index (χ1v) is 19.2. The van der Waals surface area contributed by atoms with Crippen molar-refractivity contribution in [3.8, 4) is 0 Å². The van der Waals surface area contributed by atoms with E-state index < -0.39 is 0 Å². The number of rotatable bonds is 22. The molecule has 0 aromatic carbocycles. The van der Waals surface area contributed by atoms with E-state index in [0.29, 0.717) is 23.5 Å². The fourth-order valence-corrected chi connectivity index (χ4v) is 8.98. The van der Waals surface area contributed by atoms with Crippen LogP contribution in [0.1, 0.15) is 165 Å². The van der Waals surface area contributed by atoms with Crippen LogP contribution in [0.5, 0.6) is 0 Å². The molecule has 10 unspecified atom stereocenters. The van der Waals surface area contributed by atoms with E-state index in [4.69, 9.17) is 5.73 Å². The van der Waals surface area contributed by atoms with Crippen molar-refractivity contribution in [2.75, 3.05) is 20.1 Å². The minimum Gasteiger partial charge on any atom is -0.330 e. The lowest BCUT2D eigenvalue weighted by atomic mass is 9.52. The van der Waals surface area contributed by atoms with Crippen LogP contribution in [0, 0.1) is 46.8 Å². The molecule has 2 aliphatic carbocycles. The zero-order valence-electron chi connectivity index (χ0n) is 30.5. The number of nitrogens with one attached hydrogen (secondary N) is 1. The molecule has 0 bridgehead atoms. The van der Waals surface area contributed by atoms with Gasteiger partial charge in [-0.3, -0.25) is 4.90 Å².